The Morgan fingerprint density at radius 2 is 1.77 bits per heavy atom. The molecule has 2 amide bonds. The van der Waals surface area contributed by atoms with Crippen LogP contribution in [-0.4, -0.2) is 49.1 Å². The summed E-state index contributed by atoms with van der Waals surface area (Å²) in [4.78, 5) is 28.7. The second kappa shape index (κ2) is 9.84. The Bertz CT molecular complexity index is 972. The first-order valence-electron chi connectivity index (χ1n) is 9.40. The Labute approximate surface area is 186 Å². The van der Waals surface area contributed by atoms with Gasteiger partial charge in [0.1, 0.15) is 11.3 Å². The van der Waals surface area contributed by atoms with Crippen molar-refractivity contribution in [3.8, 4) is 5.75 Å². The number of carbonyl (C=O) groups excluding carboxylic acids is 2. The Kier molecular flexibility index (Phi) is 7.20. The molecule has 0 aromatic heterocycles. The van der Waals surface area contributed by atoms with E-state index in [-0.39, 0.29) is 10.7 Å². The Morgan fingerprint density at radius 3 is 2.40 bits per heavy atom. The molecule has 0 aliphatic carbocycles. The van der Waals surface area contributed by atoms with E-state index in [0.717, 1.165) is 18.7 Å². The number of benzene rings is 2. The lowest BCUT2D eigenvalue weighted by atomic mass is 10.1. The first-order valence-corrected chi connectivity index (χ1v) is 10.2. The molecule has 1 aliphatic heterocycles. The van der Waals surface area contributed by atoms with Crippen molar-refractivity contribution in [2.75, 3.05) is 32.1 Å². The largest absolute Gasteiger partial charge is 0.494 e. The molecule has 0 unspecified atom stereocenters. The van der Waals surface area contributed by atoms with E-state index in [1.165, 1.54) is 11.0 Å². The molecule has 1 fully saturated rings. The molecule has 0 spiro atoms. The van der Waals surface area contributed by atoms with E-state index in [1.54, 1.807) is 36.4 Å². The molecule has 2 aromatic carbocycles. The summed E-state index contributed by atoms with van der Waals surface area (Å²) in [5.41, 5.74) is 1.23. The normalized spacial score (nSPS) is 15.7. The number of thiocarbonyl (C=S) groups is 1. The van der Waals surface area contributed by atoms with Crippen molar-refractivity contribution in [3.63, 3.8) is 0 Å². The fourth-order valence-corrected chi connectivity index (χ4v) is 3.29. The number of halogens is 1. The first kappa shape index (κ1) is 22.0. The third-order valence-corrected chi connectivity index (χ3v) is 4.93. The van der Waals surface area contributed by atoms with E-state index in [0.29, 0.717) is 22.9 Å². The standard InChI is InChI=1S/C22H22ClN3O3S/c1-25(2)12-3-13-29-18-10-4-15(5-11-18)14-19-20(27)24-22(30)26(21(19)28)17-8-6-16(23)7-9-17/h4-11,14H,3,12-13H2,1-2H3,(H,24,27,30). The van der Waals surface area contributed by atoms with E-state index < -0.39 is 11.8 Å². The summed E-state index contributed by atoms with van der Waals surface area (Å²) in [6.45, 7) is 1.57. The van der Waals surface area contributed by atoms with Crippen LogP contribution in [0.25, 0.3) is 6.08 Å². The lowest BCUT2D eigenvalue weighted by molar-refractivity contribution is -0.122. The lowest BCUT2D eigenvalue weighted by Gasteiger charge is -2.28. The summed E-state index contributed by atoms with van der Waals surface area (Å²) in [5, 5.41) is 3.14. The number of nitrogens with zero attached hydrogens (tertiary/aromatic N) is 2. The minimum Gasteiger partial charge on any atom is -0.494 e. The summed E-state index contributed by atoms with van der Waals surface area (Å²) in [6.07, 6.45) is 2.46. The summed E-state index contributed by atoms with van der Waals surface area (Å²) in [5.74, 6) is -0.284. The molecule has 0 atom stereocenters. The Morgan fingerprint density at radius 1 is 1.10 bits per heavy atom. The van der Waals surface area contributed by atoms with Crippen molar-refractivity contribution in [3.05, 3.63) is 64.7 Å². The van der Waals surface area contributed by atoms with Gasteiger partial charge in [-0.25, -0.2) is 0 Å². The maximum atomic E-state index is 13.0. The van der Waals surface area contributed by atoms with Gasteiger partial charge in [-0.2, -0.15) is 0 Å². The molecule has 1 saturated heterocycles. The number of amides is 2. The number of rotatable bonds is 7. The third-order valence-electron chi connectivity index (χ3n) is 4.40. The van der Waals surface area contributed by atoms with Crippen LogP contribution in [0.3, 0.4) is 0 Å². The lowest BCUT2D eigenvalue weighted by Crippen LogP contribution is -2.54. The van der Waals surface area contributed by atoms with E-state index >= 15 is 0 Å². The van der Waals surface area contributed by atoms with Gasteiger partial charge in [0.05, 0.1) is 12.3 Å². The molecular formula is C22H22ClN3O3S. The number of hydrogen-bond donors (Lipinski definition) is 1. The average Bonchev–Trinajstić information content (AvgIpc) is 2.70. The Balaban J connectivity index is 1.74. The fraction of sp³-hybridized carbons (Fsp3) is 0.227. The Hall–Kier alpha value is -2.74. The highest BCUT2D eigenvalue weighted by molar-refractivity contribution is 7.80. The molecule has 2 aromatic rings. The van der Waals surface area contributed by atoms with E-state index in [4.69, 9.17) is 28.6 Å². The monoisotopic (exact) mass is 443 g/mol. The summed E-state index contributed by atoms with van der Waals surface area (Å²) >= 11 is 11.1. The fourth-order valence-electron chi connectivity index (χ4n) is 2.88. The molecule has 0 radical (unpaired) electrons. The average molecular weight is 444 g/mol. The number of nitrogens with one attached hydrogen (secondary N) is 1. The molecule has 0 bridgehead atoms. The predicted octanol–water partition coefficient (Wildman–Crippen LogP) is 3.50. The van der Waals surface area contributed by atoms with Crippen LogP contribution < -0.4 is 15.0 Å². The summed E-state index contributed by atoms with van der Waals surface area (Å²) < 4.78 is 5.71. The molecule has 1 aliphatic rings. The quantitative estimate of drug-likeness (QED) is 0.307. The summed E-state index contributed by atoms with van der Waals surface area (Å²) in [7, 11) is 4.04. The van der Waals surface area contributed by atoms with Gasteiger partial charge >= 0.3 is 0 Å². The van der Waals surface area contributed by atoms with Crippen molar-refractivity contribution >= 4 is 52.5 Å². The molecular weight excluding hydrogens is 422 g/mol. The maximum absolute atomic E-state index is 13.0. The van der Waals surface area contributed by atoms with Gasteiger partial charge in [-0.3, -0.25) is 19.8 Å². The van der Waals surface area contributed by atoms with Crippen LogP contribution in [-0.2, 0) is 9.59 Å². The molecule has 1 heterocycles. The van der Waals surface area contributed by atoms with Crippen LogP contribution in [0.5, 0.6) is 5.75 Å². The topological polar surface area (TPSA) is 61.9 Å². The van der Waals surface area contributed by atoms with Crippen molar-refractivity contribution in [1.29, 1.82) is 0 Å². The highest BCUT2D eigenvalue weighted by Crippen LogP contribution is 2.24. The zero-order valence-corrected chi connectivity index (χ0v) is 18.3. The zero-order valence-electron chi connectivity index (χ0n) is 16.7. The number of ether oxygens (including phenoxy) is 1. The van der Waals surface area contributed by atoms with Crippen LogP contribution in [0.2, 0.25) is 5.02 Å². The second-order valence-electron chi connectivity index (χ2n) is 7.01. The molecule has 30 heavy (non-hydrogen) atoms. The number of anilines is 1. The van der Waals surface area contributed by atoms with Crippen LogP contribution in [0.4, 0.5) is 5.69 Å². The van der Waals surface area contributed by atoms with Crippen molar-refractivity contribution in [1.82, 2.24) is 10.2 Å². The molecule has 156 valence electrons. The van der Waals surface area contributed by atoms with Gasteiger partial charge in [-0.15, -0.1) is 0 Å². The highest BCUT2D eigenvalue weighted by Gasteiger charge is 2.34. The minimum absolute atomic E-state index is 0.00167. The van der Waals surface area contributed by atoms with Gasteiger partial charge in [-0.1, -0.05) is 23.7 Å². The number of hydrogen-bond acceptors (Lipinski definition) is 5. The molecule has 3 rings (SSSR count). The van der Waals surface area contributed by atoms with Gasteiger partial charge in [-0.05, 0) is 80.8 Å². The van der Waals surface area contributed by atoms with Crippen molar-refractivity contribution in [2.24, 2.45) is 0 Å². The van der Waals surface area contributed by atoms with Crippen LogP contribution in [0, 0.1) is 0 Å². The van der Waals surface area contributed by atoms with Gasteiger partial charge in [0.15, 0.2) is 5.11 Å². The third kappa shape index (κ3) is 5.44. The predicted molar refractivity (Wildman–Crippen MR) is 123 cm³/mol. The van der Waals surface area contributed by atoms with E-state index in [1.807, 2.05) is 26.2 Å². The van der Waals surface area contributed by atoms with Gasteiger partial charge < -0.3 is 9.64 Å². The second-order valence-corrected chi connectivity index (χ2v) is 7.83. The number of carbonyl (C=O) groups is 2. The van der Waals surface area contributed by atoms with Gasteiger partial charge in [0, 0.05) is 11.6 Å². The highest BCUT2D eigenvalue weighted by atomic mass is 35.5. The molecule has 6 nitrogen and oxygen atoms in total. The van der Waals surface area contributed by atoms with Gasteiger partial charge in [0.25, 0.3) is 11.8 Å². The van der Waals surface area contributed by atoms with E-state index in [2.05, 4.69) is 10.2 Å². The SMILES string of the molecule is CN(C)CCCOc1ccc(C=C2C(=O)NC(=S)N(c3ccc(Cl)cc3)C2=O)cc1. The summed E-state index contributed by atoms with van der Waals surface area (Å²) in [6, 6.07) is 13.9. The molecule has 8 heteroatoms. The zero-order chi connectivity index (χ0) is 21.7. The van der Waals surface area contributed by atoms with Crippen LogP contribution >= 0.6 is 23.8 Å². The molecule has 0 saturated carbocycles. The van der Waals surface area contributed by atoms with Crippen molar-refractivity contribution < 1.29 is 14.3 Å². The minimum atomic E-state index is -0.528. The van der Waals surface area contributed by atoms with Crippen LogP contribution in [0.1, 0.15) is 12.0 Å². The molecule has 1 N–H and O–H groups in total. The van der Waals surface area contributed by atoms with Gasteiger partial charge in [0.2, 0.25) is 0 Å². The maximum Gasteiger partial charge on any atom is 0.270 e. The van der Waals surface area contributed by atoms with Crippen LogP contribution in [0.15, 0.2) is 54.1 Å². The first-order chi connectivity index (χ1) is 14.3. The van der Waals surface area contributed by atoms with E-state index in [9.17, 15) is 9.59 Å². The van der Waals surface area contributed by atoms with Crippen molar-refractivity contribution in [2.45, 2.75) is 6.42 Å². The smallest absolute Gasteiger partial charge is 0.270 e.